The van der Waals surface area contributed by atoms with Crippen LogP contribution >= 0.6 is 0 Å². The lowest BCUT2D eigenvalue weighted by molar-refractivity contribution is -0.125. The normalized spacial score (nSPS) is 19.1. The zero-order chi connectivity index (χ0) is 19.2. The zero-order valence-electron chi connectivity index (χ0n) is 15.4. The van der Waals surface area contributed by atoms with Crippen LogP contribution < -0.4 is 21.7 Å². The van der Waals surface area contributed by atoms with Gasteiger partial charge in [-0.1, -0.05) is 18.2 Å². The minimum absolute atomic E-state index is 0.0913. The number of hydrogen-bond donors (Lipinski definition) is 4. The summed E-state index contributed by atoms with van der Waals surface area (Å²) >= 11 is 0. The molecule has 1 saturated carbocycles. The van der Waals surface area contributed by atoms with E-state index >= 15 is 0 Å². The van der Waals surface area contributed by atoms with Crippen molar-refractivity contribution in [2.45, 2.75) is 31.7 Å². The Balaban J connectivity index is 1.70. The monoisotopic (exact) mass is 367 g/mol. The molecule has 1 aromatic heterocycles. The molecule has 1 heterocycles. The highest BCUT2D eigenvalue weighted by Crippen LogP contribution is 2.27. The second-order valence-electron chi connectivity index (χ2n) is 6.76. The molecule has 7 nitrogen and oxygen atoms in total. The van der Waals surface area contributed by atoms with E-state index in [2.05, 4.69) is 20.9 Å². The third-order valence-electron chi connectivity index (χ3n) is 4.89. The molecule has 2 amide bonds. The van der Waals surface area contributed by atoms with Gasteiger partial charge in [-0.25, -0.2) is 4.98 Å². The summed E-state index contributed by atoms with van der Waals surface area (Å²) in [6.07, 6.45) is 3.51. The van der Waals surface area contributed by atoms with Crippen molar-refractivity contribution in [2.75, 3.05) is 17.7 Å². The second-order valence-corrected chi connectivity index (χ2v) is 6.76. The fraction of sp³-hybridized carbons (Fsp3) is 0.350. The summed E-state index contributed by atoms with van der Waals surface area (Å²) in [6, 6.07) is 13.2. The van der Waals surface area contributed by atoms with E-state index in [9.17, 15) is 9.59 Å². The van der Waals surface area contributed by atoms with Crippen LogP contribution in [0.5, 0.6) is 0 Å². The average molecular weight is 367 g/mol. The predicted molar refractivity (Wildman–Crippen MR) is 106 cm³/mol. The van der Waals surface area contributed by atoms with E-state index < -0.39 is 5.91 Å². The van der Waals surface area contributed by atoms with Crippen LogP contribution in [0.3, 0.4) is 0 Å². The van der Waals surface area contributed by atoms with E-state index in [1.54, 1.807) is 19.2 Å². The van der Waals surface area contributed by atoms with Crippen LogP contribution in [0.4, 0.5) is 17.3 Å². The summed E-state index contributed by atoms with van der Waals surface area (Å²) in [7, 11) is 1.68. The minimum Gasteiger partial charge on any atom is -0.367 e. The van der Waals surface area contributed by atoms with Crippen LogP contribution in [0.1, 0.15) is 36.0 Å². The molecule has 3 rings (SSSR count). The summed E-state index contributed by atoms with van der Waals surface area (Å²) in [6.45, 7) is 0. The third-order valence-corrected chi connectivity index (χ3v) is 4.89. The van der Waals surface area contributed by atoms with E-state index in [-0.39, 0.29) is 17.9 Å². The van der Waals surface area contributed by atoms with Gasteiger partial charge in [-0.3, -0.25) is 9.59 Å². The standard InChI is InChI=1S/C20H25N5O2/c1-22-20(27)13-7-9-15(10-8-13)23-17-12-11-16(18(21)26)19(25-17)24-14-5-3-2-4-6-14/h2-6,11-13,15H,7-10H2,1H3,(H2,21,26)(H,22,27)(H2,23,24,25). The van der Waals surface area contributed by atoms with Gasteiger partial charge in [0.2, 0.25) is 5.91 Å². The molecule has 27 heavy (non-hydrogen) atoms. The molecule has 5 N–H and O–H groups in total. The topological polar surface area (TPSA) is 109 Å². The molecule has 0 saturated heterocycles. The molecule has 0 radical (unpaired) electrons. The zero-order valence-corrected chi connectivity index (χ0v) is 15.4. The highest BCUT2D eigenvalue weighted by molar-refractivity contribution is 5.98. The van der Waals surface area contributed by atoms with Gasteiger partial charge in [0.1, 0.15) is 11.6 Å². The fourth-order valence-electron chi connectivity index (χ4n) is 3.41. The largest absolute Gasteiger partial charge is 0.367 e. The number of rotatable bonds is 6. The SMILES string of the molecule is CNC(=O)C1CCC(Nc2ccc(C(N)=O)c(Nc3ccccc3)n2)CC1. The number of carbonyl (C=O) groups excluding carboxylic acids is 2. The van der Waals surface area contributed by atoms with Crippen LogP contribution in [-0.4, -0.2) is 29.9 Å². The van der Waals surface area contributed by atoms with Gasteiger partial charge in [0.05, 0.1) is 5.56 Å². The first-order chi connectivity index (χ1) is 13.1. The van der Waals surface area contributed by atoms with Gasteiger partial charge < -0.3 is 21.7 Å². The Labute approximate surface area is 158 Å². The Hall–Kier alpha value is -3.09. The maximum atomic E-state index is 11.8. The van der Waals surface area contributed by atoms with Gasteiger partial charge in [-0.2, -0.15) is 0 Å². The number of primary amides is 1. The molecule has 0 spiro atoms. The average Bonchev–Trinajstić information content (AvgIpc) is 2.69. The van der Waals surface area contributed by atoms with Crippen molar-refractivity contribution < 1.29 is 9.59 Å². The van der Waals surface area contributed by atoms with Gasteiger partial charge >= 0.3 is 0 Å². The first-order valence-corrected chi connectivity index (χ1v) is 9.18. The van der Waals surface area contributed by atoms with Crippen molar-refractivity contribution >= 4 is 29.1 Å². The molecule has 0 unspecified atom stereocenters. The fourth-order valence-corrected chi connectivity index (χ4v) is 3.41. The van der Waals surface area contributed by atoms with Gasteiger partial charge in [-0.15, -0.1) is 0 Å². The van der Waals surface area contributed by atoms with Crippen LogP contribution in [0.15, 0.2) is 42.5 Å². The smallest absolute Gasteiger partial charge is 0.252 e. The van der Waals surface area contributed by atoms with Gasteiger partial charge in [0, 0.05) is 24.7 Å². The Bertz CT molecular complexity index is 801. The molecular weight excluding hydrogens is 342 g/mol. The molecule has 0 aliphatic heterocycles. The van der Waals surface area contributed by atoms with Crippen molar-refractivity contribution in [1.29, 1.82) is 0 Å². The Morgan fingerprint density at radius 2 is 1.74 bits per heavy atom. The molecule has 1 aliphatic carbocycles. The molecule has 1 aliphatic rings. The molecule has 1 fully saturated rings. The van der Waals surface area contributed by atoms with Crippen molar-refractivity contribution in [3.8, 4) is 0 Å². The summed E-state index contributed by atoms with van der Waals surface area (Å²) in [5.74, 6) is 0.790. The first kappa shape index (κ1) is 18.7. The molecule has 1 aromatic carbocycles. The number of benzene rings is 1. The summed E-state index contributed by atoms with van der Waals surface area (Å²) in [4.78, 5) is 28.0. The summed E-state index contributed by atoms with van der Waals surface area (Å²) in [5.41, 5.74) is 6.65. The first-order valence-electron chi connectivity index (χ1n) is 9.18. The Kier molecular flexibility index (Phi) is 5.90. The number of anilines is 3. The lowest BCUT2D eigenvalue weighted by atomic mass is 9.85. The van der Waals surface area contributed by atoms with E-state index in [1.807, 2.05) is 30.3 Å². The van der Waals surface area contributed by atoms with Crippen LogP contribution in [-0.2, 0) is 4.79 Å². The molecular formula is C20H25N5O2. The number of pyridine rings is 1. The van der Waals surface area contributed by atoms with Crippen LogP contribution in [0.25, 0.3) is 0 Å². The highest BCUT2D eigenvalue weighted by Gasteiger charge is 2.25. The van der Waals surface area contributed by atoms with Gasteiger partial charge in [0.25, 0.3) is 5.91 Å². The number of carbonyl (C=O) groups is 2. The van der Waals surface area contributed by atoms with E-state index in [1.165, 1.54) is 0 Å². The molecule has 0 bridgehead atoms. The lowest BCUT2D eigenvalue weighted by Gasteiger charge is -2.28. The second kappa shape index (κ2) is 8.53. The quantitative estimate of drug-likeness (QED) is 0.627. The van der Waals surface area contributed by atoms with Crippen molar-refractivity contribution in [3.63, 3.8) is 0 Å². The van der Waals surface area contributed by atoms with Crippen LogP contribution in [0.2, 0.25) is 0 Å². The third kappa shape index (κ3) is 4.75. The summed E-state index contributed by atoms with van der Waals surface area (Å²) in [5, 5.41) is 9.29. The number of nitrogens with two attached hydrogens (primary N) is 1. The van der Waals surface area contributed by atoms with Gasteiger partial charge in [0.15, 0.2) is 0 Å². The van der Waals surface area contributed by atoms with Crippen molar-refractivity contribution in [3.05, 3.63) is 48.0 Å². The number of amides is 2. The molecule has 2 aromatic rings. The number of para-hydroxylation sites is 1. The van der Waals surface area contributed by atoms with Crippen molar-refractivity contribution in [1.82, 2.24) is 10.3 Å². The van der Waals surface area contributed by atoms with Crippen LogP contribution in [0, 0.1) is 5.92 Å². The van der Waals surface area contributed by atoms with Gasteiger partial charge in [-0.05, 0) is 49.9 Å². The predicted octanol–water partition coefficient (Wildman–Crippen LogP) is 2.64. The minimum atomic E-state index is -0.529. The lowest BCUT2D eigenvalue weighted by Crippen LogP contribution is -2.34. The molecule has 7 heteroatoms. The highest BCUT2D eigenvalue weighted by atomic mass is 16.2. The maximum absolute atomic E-state index is 11.8. The summed E-state index contributed by atoms with van der Waals surface area (Å²) < 4.78 is 0. The Morgan fingerprint density at radius 3 is 2.37 bits per heavy atom. The Morgan fingerprint density at radius 1 is 1.04 bits per heavy atom. The molecule has 0 atom stereocenters. The van der Waals surface area contributed by atoms with E-state index in [0.717, 1.165) is 31.4 Å². The van der Waals surface area contributed by atoms with Crippen molar-refractivity contribution in [2.24, 2.45) is 11.7 Å². The number of aromatic nitrogens is 1. The number of nitrogens with one attached hydrogen (secondary N) is 3. The maximum Gasteiger partial charge on any atom is 0.252 e. The van der Waals surface area contributed by atoms with E-state index in [0.29, 0.717) is 17.2 Å². The number of hydrogen-bond acceptors (Lipinski definition) is 5. The molecule has 142 valence electrons. The van der Waals surface area contributed by atoms with E-state index in [4.69, 9.17) is 5.73 Å². The number of nitrogens with zero attached hydrogens (tertiary/aromatic N) is 1.